The molecule has 3 aromatic rings. The van der Waals surface area contributed by atoms with E-state index in [1.165, 1.54) is 18.2 Å². The van der Waals surface area contributed by atoms with Gasteiger partial charge in [-0.15, -0.1) is 0 Å². The minimum atomic E-state index is -0.280. The van der Waals surface area contributed by atoms with Gasteiger partial charge in [0.2, 0.25) is 5.91 Å². The van der Waals surface area contributed by atoms with Crippen molar-refractivity contribution < 1.29 is 13.9 Å². The zero-order valence-corrected chi connectivity index (χ0v) is 14.2. The fourth-order valence-electron chi connectivity index (χ4n) is 2.29. The maximum atomic E-state index is 12.9. The van der Waals surface area contributed by atoms with E-state index in [1.807, 2.05) is 13.2 Å². The lowest BCUT2D eigenvalue weighted by atomic mass is 10.2. The average Bonchev–Trinajstić information content (AvgIpc) is 3.05. The minimum Gasteiger partial charge on any atom is -0.489 e. The van der Waals surface area contributed by atoms with Gasteiger partial charge in [0.15, 0.2) is 0 Å². The Morgan fingerprint density at radius 1 is 1.27 bits per heavy atom. The van der Waals surface area contributed by atoms with E-state index in [4.69, 9.17) is 4.74 Å². The SMILES string of the molecule is Cn1cc(/C=C/C(=O)Nc2cccc(OCc3ccc(F)cc3)c2)cn1. The van der Waals surface area contributed by atoms with Gasteiger partial charge in [-0.25, -0.2) is 4.39 Å². The summed E-state index contributed by atoms with van der Waals surface area (Å²) >= 11 is 0. The van der Waals surface area contributed by atoms with Crippen molar-refractivity contribution in [3.8, 4) is 5.75 Å². The molecule has 6 heteroatoms. The fourth-order valence-corrected chi connectivity index (χ4v) is 2.29. The molecule has 1 aromatic heterocycles. The molecule has 3 rings (SSSR count). The molecule has 1 N–H and O–H groups in total. The van der Waals surface area contributed by atoms with E-state index in [0.717, 1.165) is 11.1 Å². The number of rotatable bonds is 6. The van der Waals surface area contributed by atoms with Crippen LogP contribution >= 0.6 is 0 Å². The highest BCUT2D eigenvalue weighted by atomic mass is 19.1. The zero-order valence-electron chi connectivity index (χ0n) is 14.2. The van der Waals surface area contributed by atoms with E-state index in [1.54, 1.807) is 53.4 Å². The number of halogens is 1. The van der Waals surface area contributed by atoms with Crippen molar-refractivity contribution in [2.75, 3.05) is 5.32 Å². The molecule has 1 amide bonds. The standard InChI is InChI=1S/C20H18FN3O2/c1-24-13-16(12-22-24)7-10-20(25)23-18-3-2-4-19(11-18)26-14-15-5-8-17(21)9-6-15/h2-13H,14H2,1H3,(H,23,25)/b10-7+. The first kappa shape index (κ1) is 17.4. The summed E-state index contributed by atoms with van der Waals surface area (Å²) in [4.78, 5) is 12.0. The normalized spacial score (nSPS) is 10.8. The van der Waals surface area contributed by atoms with Crippen LogP contribution in [0.3, 0.4) is 0 Å². The number of ether oxygens (including phenoxy) is 1. The first-order valence-electron chi connectivity index (χ1n) is 8.03. The van der Waals surface area contributed by atoms with Gasteiger partial charge in [-0.05, 0) is 35.9 Å². The third-order valence-electron chi connectivity index (χ3n) is 3.57. The molecule has 1 heterocycles. The number of nitrogens with zero attached hydrogens (tertiary/aromatic N) is 2. The van der Waals surface area contributed by atoms with Crippen molar-refractivity contribution in [3.63, 3.8) is 0 Å². The first-order chi connectivity index (χ1) is 12.6. The molecule has 0 bridgehead atoms. The van der Waals surface area contributed by atoms with Crippen LogP contribution in [0.1, 0.15) is 11.1 Å². The molecule has 0 saturated carbocycles. The van der Waals surface area contributed by atoms with Gasteiger partial charge in [-0.3, -0.25) is 9.48 Å². The lowest BCUT2D eigenvalue weighted by molar-refractivity contribution is -0.111. The van der Waals surface area contributed by atoms with Crippen molar-refractivity contribution in [1.82, 2.24) is 9.78 Å². The largest absolute Gasteiger partial charge is 0.489 e. The van der Waals surface area contributed by atoms with Gasteiger partial charge in [0, 0.05) is 36.6 Å². The summed E-state index contributed by atoms with van der Waals surface area (Å²) in [6.45, 7) is 0.318. The molecule has 0 radical (unpaired) electrons. The van der Waals surface area contributed by atoms with Crippen LogP contribution in [0, 0.1) is 5.82 Å². The summed E-state index contributed by atoms with van der Waals surface area (Å²) in [6, 6.07) is 13.2. The maximum Gasteiger partial charge on any atom is 0.248 e. The van der Waals surface area contributed by atoms with Crippen LogP contribution in [0.4, 0.5) is 10.1 Å². The smallest absolute Gasteiger partial charge is 0.248 e. The number of carbonyl (C=O) groups excluding carboxylic acids is 1. The summed E-state index contributed by atoms with van der Waals surface area (Å²) in [6.07, 6.45) is 6.63. The van der Waals surface area contributed by atoms with Gasteiger partial charge >= 0.3 is 0 Å². The highest BCUT2D eigenvalue weighted by molar-refractivity contribution is 6.01. The summed E-state index contributed by atoms with van der Waals surface area (Å²) in [5.74, 6) is 0.0886. The fraction of sp³-hybridized carbons (Fsp3) is 0.100. The molecule has 0 aliphatic carbocycles. The molecule has 0 saturated heterocycles. The highest BCUT2D eigenvalue weighted by Gasteiger charge is 2.02. The summed E-state index contributed by atoms with van der Waals surface area (Å²) in [7, 11) is 1.81. The van der Waals surface area contributed by atoms with Gasteiger partial charge in [0.1, 0.15) is 18.2 Å². The number of hydrogen-bond donors (Lipinski definition) is 1. The second kappa shape index (κ2) is 8.11. The highest BCUT2D eigenvalue weighted by Crippen LogP contribution is 2.19. The molecule has 0 aliphatic rings. The lowest BCUT2D eigenvalue weighted by Crippen LogP contribution is -2.07. The van der Waals surface area contributed by atoms with Crippen molar-refractivity contribution in [2.45, 2.75) is 6.61 Å². The van der Waals surface area contributed by atoms with Crippen LogP contribution in [0.25, 0.3) is 6.08 Å². The van der Waals surface area contributed by atoms with Gasteiger partial charge in [-0.2, -0.15) is 5.10 Å². The Hall–Kier alpha value is -3.41. The van der Waals surface area contributed by atoms with Crippen LogP contribution in [0.5, 0.6) is 5.75 Å². The lowest BCUT2D eigenvalue weighted by Gasteiger charge is -2.08. The van der Waals surface area contributed by atoms with E-state index < -0.39 is 0 Å². The molecule has 5 nitrogen and oxygen atoms in total. The monoisotopic (exact) mass is 351 g/mol. The van der Waals surface area contributed by atoms with E-state index in [9.17, 15) is 9.18 Å². The molecule has 0 aliphatic heterocycles. The molecular formula is C20H18FN3O2. The molecule has 2 aromatic carbocycles. The number of anilines is 1. The topological polar surface area (TPSA) is 56.2 Å². The van der Waals surface area contributed by atoms with Gasteiger partial charge in [0.05, 0.1) is 6.20 Å². The quantitative estimate of drug-likeness (QED) is 0.688. The molecule has 0 atom stereocenters. The predicted molar refractivity (Wildman–Crippen MR) is 98.0 cm³/mol. The second-order valence-corrected chi connectivity index (χ2v) is 5.71. The maximum absolute atomic E-state index is 12.9. The number of benzene rings is 2. The number of nitrogens with one attached hydrogen (secondary N) is 1. The van der Waals surface area contributed by atoms with Crippen molar-refractivity contribution in [3.05, 3.63) is 83.9 Å². The van der Waals surface area contributed by atoms with Crippen molar-refractivity contribution in [2.24, 2.45) is 7.05 Å². The Labute approximate surface area is 150 Å². The van der Waals surface area contributed by atoms with E-state index in [0.29, 0.717) is 18.0 Å². The van der Waals surface area contributed by atoms with E-state index in [2.05, 4.69) is 10.4 Å². The van der Waals surface area contributed by atoms with Gasteiger partial charge < -0.3 is 10.1 Å². The van der Waals surface area contributed by atoms with Crippen LogP contribution in [0.15, 0.2) is 67.0 Å². The summed E-state index contributed by atoms with van der Waals surface area (Å²) < 4.78 is 20.3. The number of aryl methyl sites for hydroxylation is 1. The van der Waals surface area contributed by atoms with E-state index >= 15 is 0 Å². The van der Waals surface area contributed by atoms with Crippen LogP contribution in [-0.2, 0) is 18.4 Å². The summed E-state index contributed by atoms with van der Waals surface area (Å²) in [5, 5.41) is 6.82. The van der Waals surface area contributed by atoms with Crippen LogP contribution in [0.2, 0.25) is 0 Å². The van der Waals surface area contributed by atoms with Crippen molar-refractivity contribution in [1.29, 1.82) is 0 Å². The Kier molecular flexibility index (Phi) is 5.43. The Morgan fingerprint density at radius 2 is 2.08 bits per heavy atom. The van der Waals surface area contributed by atoms with E-state index in [-0.39, 0.29) is 11.7 Å². The number of aromatic nitrogens is 2. The molecule has 0 unspecified atom stereocenters. The molecular weight excluding hydrogens is 333 g/mol. The van der Waals surface area contributed by atoms with Crippen LogP contribution < -0.4 is 10.1 Å². The first-order valence-corrected chi connectivity index (χ1v) is 8.03. The molecule has 0 spiro atoms. The second-order valence-electron chi connectivity index (χ2n) is 5.71. The summed E-state index contributed by atoms with van der Waals surface area (Å²) in [5.41, 5.74) is 2.33. The molecule has 26 heavy (non-hydrogen) atoms. The molecule has 0 fully saturated rings. The average molecular weight is 351 g/mol. The van der Waals surface area contributed by atoms with Crippen molar-refractivity contribution >= 4 is 17.7 Å². The number of amides is 1. The van der Waals surface area contributed by atoms with Gasteiger partial charge in [-0.1, -0.05) is 18.2 Å². The number of carbonyl (C=O) groups is 1. The van der Waals surface area contributed by atoms with Gasteiger partial charge in [0.25, 0.3) is 0 Å². The van der Waals surface area contributed by atoms with Crippen LogP contribution in [-0.4, -0.2) is 15.7 Å². The Bertz CT molecular complexity index is 917. The third-order valence-corrected chi connectivity index (χ3v) is 3.57. The minimum absolute atomic E-state index is 0.246. The number of hydrogen-bond acceptors (Lipinski definition) is 3. The third kappa shape index (κ3) is 5.04. The zero-order chi connectivity index (χ0) is 18.4. The predicted octanol–water partition coefficient (Wildman–Crippen LogP) is 3.79. The Balaban J connectivity index is 1.57. The molecule has 132 valence electrons. The Morgan fingerprint density at radius 3 is 2.81 bits per heavy atom.